The molecule has 0 aromatic heterocycles. The molecule has 0 saturated carbocycles. The molecular weight excluding hydrogens is 240 g/mol. The largest absolute Gasteiger partial charge is 0.382 e. The highest BCUT2D eigenvalue weighted by Crippen LogP contribution is 2.18. The molecule has 0 radical (unpaired) electrons. The van der Waals surface area contributed by atoms with Crippen molar-refractivity contribution in [3.05, 3.63) is 28.7 Å². The predicted molar refractivity (Wildman–Crippen MR) is 63.7 cm³/mol. The van der Waals surface area contributed by atoms with Crippen LogP contribution in [0.15, 0.2) is 28.7 Å². The number of anilines is 1. The summed E-state index contributed by atoms with van der Waals surface area (Å²) >= 11 is 3.47. The monoisotopic (exact) mass is 254 g/mol. The zero-order valence-electron chi connectivity index (χ0n) is 8.09. The van der Waals surface area contributed by atoms with Gasteiger partial charge in [0.25, 0.3) is 0 Å². The first kappa shape index (κ1) is 9.99. The molecule has 1 fully saturated rings. The summed E-state index contributed by atoms with van der Waals surface area (Å²) in [5.74, 6) is 0. The lowest BCUT2D eigenvalue weighted by atomic mass is 10.1. The molecule has 1 heterocycles. The van der Waals surface area contributed by atoms with E-state index in [9.17, 15) is 0 Å². The van der Waals surface area contributed by atoms with Crippen molar-refractivity contribution in [1.29, 1.82) is 0 Å². The van der Waals surface area contributed by atoms with Gasteiger partial charge in [-0.3, -0.25) is 0 Å². The van der Waals surface area contributed by atoms with Crippen LogP contribution in [-0.2, 0) is 0 Å². The van der Waals surface area contributed by atoms with E-state index in [-0.39, 0.29) is 0 Å². The number of piperidine rings is 1. The van der Waals surface area contributed by atoms with E-state index in [0.29, 0.717) is 6.04 Å². The van der Waals surface area contributed by atoms with Crippen LogP contribution in [0.4, 0.5) is 5.69 Å². The first-order valence-electron chi connectivity index (χ1n) is 5.07. The Kier molecular flexibility index (Phi) is 3.43. The van der Waals surface area contributed by atoms with Crippen LogP contribution in [0, 0.1) is 0 Å². The van der Waals surface area contributed by atoms with E-state index in [1.807, 2.05) is 6.07 Å². The van der Waals surface area contributed by atoms with Crippen LogP contribution in [-0.4, -0.2) is 19.1 Å². The molecule has 0 bridgehead atoms. The van der Waals surface area contributed by atoms with Gasteiger partial charge in [0.2, 0.25) is 0 Å². The van der Waals surface area contributed by atoms with Gasteiger partial charge in [-0.25, -0.2) is 0 Å². The zero-order chi connectivity index (χ0) is 9.80. The number of rotatable bonds is 2. The highest BCUT2D eigenvalue weighted by atomic mass is 79.9. The minimum atomic E-state index is 0.630. The summed E-state index contributed by atoms with van der Waals surface area (Å²) in [5, 5.41) is 6.91. The van der Waals surface area contributed by atoms with E-state index in [1.54, 1.807) is 0 Å². The fraction of sp³-hybridized carbons (Fsp3) is 0.455. The second-order valence-electron chi connectivity index (χ2n) is 3.68. The molecule has 0 amide bonds. The molecule has 14 heavy (non-hydrogen) atoms. The quantitative estimate of drug-likeness (QED) is 0.848. The lowest BCUT2D eigenvalue weighted by Crippen LogP contribution is -2.35. The fourth-order valence-corrected chi connectivity index (χ4v) is 2.18. The Balaban J connectivity index is 1.95. The smallest absolute Gasteiger partial charge is 0.0353 e. The van der Waals surface area contributed by atoms with Crippen molar-refractivity contribution >= 4 is 21.6 Å². The molecule has 0 aliphatic carbocycles. The summed E-state index contributed by atoms with van der Waals surface area (Å²) in [6.07, 6.45) is 2.43. The van der Waals surface area contributed by atoms with Crippen molar-refractivity contribution in [2.45, 2.75) is 18.9 Å². The molecule has 0 unspecified atom stereocenters. The third-order valence-corrected chi connectivity index (χ3v) is 3.03. The summed E-state index contributed by atoms with van der Waals surface area (Å²) < 4.78 is 1.14. The van der Waals surface area contributed by atoms with E-state index in [4.69, 9.17) is 0 Å². The van der Waals surface area contributed by atoms with Crippen LogP contribution in [0.1, 0.15) is 12.8 Å². The van der Waals surface area contributed by atoms with Gasteiger partial charge in [-0.15, -0.1) is 0 Å². The Bertz CT molecular complexity index is 295. The van der Waals surface area contributed by atoms with Crippen molar-refractivity contribution in [2.24, 2.45) is 0 Å². The maximum absolute atomic E-state index is 3.55. The molecule has 1 aromatic rings. The first-order valence-corrected chi connectivity index (χ1v) is 5.87. The Morgan fingerprint density at radius 1 is 1.29 bits per heavy atom. The van der Waals surface area contributed by atoms with E-state index in [1.165, 1.54) is 18.5 Å². The van der Waals surface area contributed by atoms with Gasteiger partial charge in [-0.2, -0.15) is 0 Å². The van der Waals surface area contributed by atoms with Crippen LogP contribution < -0.4 is 10.6 Å². The Morgan fingerprint density at radius 3 is 2.79 bits per heavy atom. The van der Waals surface area contributed by atoms with Gasteiger partial charge in [0, 0.05) is 16.2 Å². The SMILES string of the molecule is Brc1cccc(NC2CCNCC2)c1. The highest BCUT2D eigenvalue weighted by molar-refractivity contribution is 9.10. The molecule has 1 aliphatic rings. The number of nitrogens with one attached hydrogen (secondary N) is 2. The number of benzene rings is 1. The third-order valence-electron chi connectivity index (χ3n) is 2.53. The van der Waals surface area contributed by atoms with Gasteiger partial charge in [-0.05, 0) is 44.1 Å². The lowest BCUT2D eigenvalue weighted by molar-refractivity contribution is 0.479. The van der Waals surface area contributed by atoms with E-state index in [2.05, 4.69) is 44.8 Å². The maximum atomic E-state index is 3.55. The molecule has 3 heteroatoms. The van der Waals surface area contributed by atoms with Gasteiger partial charge < -0.3 is 10.6 Å². The Labute approximate surface area is 93.2 Å². The van der Waals surface area contributed by atoms with Gasteiger partial charge >= 0.3 is 0 Å². The van der Waals surface area contributed by atoms with Gasteiger partial charge in [0.05, 0.1) is 0 Å². The summed E-state index contributed by atoms with van der Waals surface area (Å²) in [4.78, 5) is 0. The average molecular weight is 255 g/mol. The van der Waals surface area contributed by atoms with Crippen LogP contribution in [0.5, 0.6) is 0 Å². The number of halogens is 1. The topological polar surface area (TPSA) is 24.1 Å². The van der Waals surface area contributed by atoms with Crippen molar-refractivity contribution in [3.63, 3.8) is 0 Å². The standard InChI is InChI=1S/C11H15BrN2/c12-9-2-1-3-11(8-9)14-10-4-6-13-7-5-10/h1-3,8,10,13-14H,4-7H2. The highest BCUT2D eigenvalue weighted by Gasteiger charge is 2.11. The first-order chi connectivity index (χ1) is 6.84. The second-order valence-corrected chi connectivity index (χ2v) is 4.59. The van der Waals surface area contributed by atoms with Crippen LogP contribution >= 0.6 is 15.9 Å². The summed E-state index contributed by atoms with van der Waals surface area (Å²) in [7, 11) is 0. The zero-order valence-corrected chi connectivity index (χ0v) is 9.68. The van der Waals surface area contributed by atoms with E-state index >= 15 is 0 Å². The van der Waals surface area contributed by atoms with Crippen molar-refractivity contribution in [3.8, 4) is 0 Å². The van der Waals surface area contributed by atoms with E-state index < -0.39 is 0 Å². The summed E-state index contributed by atoms with van der Waals surface area (Å²) in [5.41, 5.74) is 1.21. The van der Waals surface area contributed by atoms with Crippen molar-refractivity contribution < 1.29 is 0 Å². The summed E-state index contributed by atoms with van der Waals surface area (Å²) in [6.45, 7) is 2.26. The second kappa shape index (κ2) is 4.80. The average Bonchev–Trinajstić information content (AvgIpc) is 2.19. The predicted octanol–water partition coefficient (Wildman–Crippen LogP) is 2.61. The molecule has 2 nitrogen and oxygen atoms in total. The molecule has 0 atom stereocenters. The van der Waals surface area contributed by atoms with Gasteiger partial charge in [0.15, 0.2) is 0 Å². The number of hydrogen-bond donors (Lipinski definition) is 2. The van der Waals surface area contributed by atoms with Crippen LogP contribution in [0.25, 0.3) is 0 Å². The molecule has 0 spiro atoms. The van der Waals surface area contributed by atoms with Gasteiger partial charge in [-0.1, -0.05) is 22.0 Å². The van der Waals surface area contributed by atoms with E-state index in [0.717, 1.165) is 17.6 Å². The van der Waals surface area contributed by atoms with Crippen LogP contribution in [0.3, 0.4) is 0 Å². The molecule has 2 N–H and O–H groups in total. The summed E-state index contributed by atoms with van der Waals surface area (Å²) in [6, 6.07) is 8.99. The number of hydrogen-bond acceptors (Lipinski definition) is 2. The van der Waals surface area contributed by atoms with Gasteiger partial charge in [0.1, 0.15) is 0 Å². The third kappa shape index (κ3) is 2.72. The normalized spacial score (nSPS) is 18.1. The fourth-order valence-electron chi connectivity index (χ4n) is 1.78. The minimum Gasteiger partial charge on any atom is -0.382 e. The Hall–Kier alpha value is -0.540. The van der Waals surface area contributed by atoms with Crippen LogP contribution in [0.2, 0.25) is 0 Å². The van der Waals surface area contributed by atoms with Crippen molar-refractivity contribution in [1.82, 2.24) is 5.32 Å². The maximum Gasteiger partial charge on any atom is 0.0353 e. The molecule has 1 saturated heterocycles. The van der Waals surface area contributed by atoms with Crippen molar-refractivity contribution in [2.75, 3.05) is 18.4 Å². The lowest BCUT2D eigenvalue weighted by Gasteiger charge is -2.24. The molecule has 76 valence electrons. The molecule has 1 aliphatic heterocycles. The minimum absolute atomic E-state index is 0.630. The molecule has 2 rings (SSSR count). The molecular formula is C11H15BrN2. The Morgan fingerprint density at radius 2 is 2.07 bits per heavy atom. The molecule has 1 aromatic carbocycles.